The summed E-state index contributed by atoms with van der Waals surface area (Å²) >= 11 is 0. The summed E-state index contributed by atoms with van der Waals surface area (Å²) in [6.45, 7) is 0. The van der Waals surface area contributed by atoms with E-state index in [1.807, 2.05) is 6.07 Å². The molecule has 0 aliphatic heterocycles. The Balaban J connectivity index is 1.93. The van der Waals surface area contributed by atoms with Crippen molar-refractivity contribution in [2.75, 3.05) is 21.3 Å². The number of ether oxygens (including phenoxy) is 2. The van der Waals surface area contributed by atoms with E-state index in [1.165, 1.54) is 57.7 Å². The van der Waals surface area contributed by atoms with E-state index in [0.717, 1.165) is 17.7 Å². The molecule has 0 bridgehead atoms. The van der Waals surface area contributed by atoms with Gasteiger partial charge in [-0.2, -0.15) is 13.2 Å². The van der Waals surface area contributed by atoms with E-state index in [-0.39, 0.29) is 5.91 Å². The van der Waals surface area contributed by atoms with Crippen molar-refractivity contribution in [3.8, 4) is 11.5 Å². The summed E-state index contributed by atoms with van der Waals surface area (Å²) in [4.78, 5) is 12.8. The van der Waals surface area contributed by atoms with E-state index in [1.54, 1.807) is 12.1 Å². The molecule has 9 heteroatoms. The van der Waals surface area contributed by atoms with Gasteiger partial charge in [-0.05, 0) is 65.9 Å². The number of hydrogen-bond donors (Lipinski definition) is 2. The Kier molecular flexibility index (Phi) is 8.93. The van der Waals surface area contributed by atoms with Gasteiger partial charge >= 0.3 is 6.18 Å². The molecule has 0 radical (unpaired) electrons. The number of aryl methyl sites for hydroxylation is 1. The fourth-order valence-electron chi connectivity index (χ4n) is 3.91. The van der Waals surface area contributed by atoms with Gasteiger partial charge in [-0.3, -0.25) is 10.1 Å². The van der Waals surface area contributed by atoms with Gasteiger partial charge in [0.1, 0.15) is 11.9 Å². The molecule has 5 nitrogen and oxygen atoms in total. The number of carbonyl (C=O) groups excluding carboxylic acids is 1. The number of methoxy groups -OCH3 is 2. The number of amides is 1. The minimum absolute atomic E-state index is 0.318. The Morgan fingerprint density at radius 3 is 2.06 bits per heavy atom. The van der Waals surface area contributed by atoms with Crippen LogP contribution in [0.3, 0.4) is 0 Å². The highest BCUT2D eigenvalue weighted by Gasteiger charge is 2.30. The maximum absolute atomic E-state index is 13.5. The van der Waals surface area contributed by atoms with Crippen LogP contribution in [0, 0.1) is 5.82 Å². The molecule has 3 rings (SSSR count). The standard InChI is InChI=1S/C27H28F4N2O3/c1-32-26(34)25(18-7-12-21(28)13-8-18)33-22(19-9-15-23(35-2)24(16-19)36-3)14-6-17-4-10-20(11-5-17)27(29,30)31/h4-5,7-13,15-16,22,25,33H,6,14H2,1-3H3,(H,32,34)/t22-,25?/m0/s1. The normalized spacial score (nSPS) is 13.1. The molecule has 1 unspecified atom stereocenters. The lowest BCUT2D eigenvalue weighted by molar-refractivity contribution is -0.137. The van der Waals surface area contributed by atoms with Gasteiger partial charge in [-0.1, -0.05) is 30.3 Å². The summed E-state index contributed by atoms with van der Waals surface area (Å²) in [6.07, 6.45) is -3.51. The van der Waals surface area contributed by atoms with Crippen LogP contribution in [0.2, 0.25) is 0 Å². The molecule has 0 aliphatic rings. The van der Waals surface area contributed by atoms with Crippen molar-refractivity contribution in [3.63, 3.8) is 0 Å². The molecule has 2 N–H and O–H groups in total. The van der Waals surface area contributed by atoms with Crippen LogP contribution in [0.5, 0.6) is 11.5 Å². The molecule has 0 saturated heterocycles. The van der Waals surface area contributed by atoms with Gasteiger partial charge in [0.15, 0.2) is 11.5 Å². The molecular weight excluding hydrogens is 476 g/mol. The number of halogens is 4. The van der Waals surface area contributed by atoms with Gasteiger partial charge < -0.3 is 14.8 Å². The molecule has 2 atom stereocenters. The molecule has 0 heterocycles. The minimum atomic E-state index is -4.40. The van der Waals surface area contributed by atoms with E-state index in [2.05, 4.69) is 10.6 Å². The molecule has 3 aromatic rings. The molecule has 0 aromatic heterocycles. The van der Waals surface area contributed by atoms with Gasteiger partial charge in [0.05, 0.1) is 19.8 Å². The van der Waals surface area contributed by atoms with Gasteiger partial charge in [0.2, 0.25) is 5.91 Å². The Morgan fingerprint density at radius 2 is 1.50 bits per heavy atom. The van der Waals surface area contributed by atoms with E-state index < -0.39 is 29.6 Å². The first-order valence-corrected chi connectivity index (χ1v) is 11.3. The summed E-state index contributed by atoms with van der Waals surface area (Å²) in [5.41, 5.74) is 1.36. The third-order valence-corrected chi connectivity index (χ3v) is 5.89. The first-order chi connectivity index (χ1) is 17.2. The van der Waals surface area contributed by atoms with Gasteiger partial charge in [0, 0.05) is 13.1 Å². The van der Waals surface area contributed by atoms with E-state index >= 15 is 0 Å². The van der Waals surface area contributed by atoms with E-state index in [4.69, 9.17) is 9.47 Å². The predicted octanol–water partition coefficient (Wildman–Crippen LogP) is 5.61. The fourth-order valence-corrected chi connectivity index (χ4v) is 3.91. The Labute approximate surface area is 207 Å². The average Bonchev–Trinajstić information content (AvgIpc) is 2.88. The molecule has 192 valence electrons. The minimum Gasteiger partial charge on any atom is -0.493 e. The summed E-state index contributed by atoms with van der Waals surface area (Å²) < 4.78 is 63.1. The molecule has 36 heavy (non-hydrogen) atoms. The maximum Gasteiger partial charge on any atom is 0.416 e. The van der Waals surface area contributed by atoms with Crippen LogP contribution in [-0.2, 0) is 17.4 Å². The van der Waals surface area contributed by atoms with Crippen molar-refractivity contribution in [2.45, 2.75) is 31.1 Å². The molecule has 0 fully saturated rings. The van der Waals surface area contributed by atoms with Crippen LogP contribution in [0.25, 0.3) is 0 Å². The van der Waals surface area contributed by atoms with E-state index in [0.29, 0.717) is 35.5 Å². The largest absolute Gasteiger partial charge is 0.493 e. The first kappa shape index (κ1) is 27.0. The Morgan fingerprint density at radius 1 is 0.889 bits per heavy atom. The Bertz CT molecular complexity index is 1150. The third kappa shape index (κ3) is 6.75. The zero-order chi connectivity index (χ0) is 26.3. The summed E-state index contributed by atoms with van der Waals surface area (Å²) in [6, 6.07) is 14.8. The Hall–Kier alpha value is -3.59. The molecule has 0 spiro atoms. The van der Waals surface area contributed by atoms with Crippen molar-refractivity contribution < 1.29 is 31.8 Å². The molecule has 0 aliphatic carbocycles. The number of nitrogens with one attached hydrogen (secondary N) is 2. The number of carbonyl (C=O) groups is 1. The van der Waals surface area contributed by atoms with Crippen LogP contribution in [0.4, 0.5) is 17.6 Å². The smallest absolute Gasteiger partial charge is 0.416 e. The van der Waals surface area contributed by atoms with Crippen LogP contribution in [0.15, 0.2) is 66.7 Å². The second-order valence-electron chi connectivity index (χ2n) is 8.17. The first-order valence-electron chi connectivity index (χ1n) is 11.3. The SMILES string of the molecule is CNC(=O)C(N[C@@H](CCc1ccc(C(F)(F)F)cc1)c1ccc(OC)c(OC)c1)c1ccc(F)cc1. The third-order valence-electron chi connectivity index (χ3n) is 5.89. The highest BCUT2D eigenvalue weighted by Crippen LogP contribution is 2.33. The molecule has 1 amide bonds. The molecule has 3 aromatic carbocycles. The van der Waals surface area contributed by atoms with Crippen LogP contribution in [-0.4, -0.2) is 27.2 Å². The average molecular weight is 505 g/mol. The van der Waals surface area contributed by atoms with Crippen LogP contribution < -0.4 is 20.1 Å². The lowest BCUT2D eigenvalue weighted by Gasteiger charge is -2.26. The molecule has 0 saturated carbocycles. The second kappa shape index (κ2) is 11.9. The van der Waals surface area contributed by atoms with Crippen molar-refractivity contribution in [2.24, 2.45) is 0 Å². The number of benzene rings is 3. The number of rotatable bonds is 10. The predicted molar refractivity (Wildman–Crippen MR) is 128 cm³/mol. The lowest BCUT2D eigenvalue weighted by atomic mass is 9.95. The summed E-state index contributed by atoms with van der Waals surface area (Å²) in [5, 5.41) is 5.96. The fraction of sp³-hybridized carbons (Fsp3) is 0.296. The molecular formula is C27H28F4N2O3. The van der Waals surface area contributed by atoms with Crippen molar-refractivity contribution in [1.29, 1.82) is 0 Å². The van der Waals surface area contributed by atoms with Crippen LogP contribution in [0.1, 0.15) is 40.8 Å². The monoisotopic (exact) mass is 504 g/mol. The zero-order valence-corrected chi connectivity index (χ0v) is 20.2. The number of hydrogen-bond acceptors (Lipinski definition) is 4. The van der Waals surface area contributed by atoms with Gasteiger partial charge in [-0.25, -0.2) is 4.39 Å². The lowest BCUT2D eigenvalue weighted by Crippen LogP contribution is -2.38. The summed E-state index contributed by atoms with van der Waals surface area (Å²) in [7, 11) is 4.54. The summed E-state index contributed by atoms with van der Waals surface area (Å²) in [5.74, 6) is 0.286. The van der Waals surface area contributed by atoms with Gasteiger partial charge in [-0.15, -0.1) is 0 Å². The highest BCUT2D eigenvalue weighted by atomic mass is 19.4. The topological polar surface area (TPSA) is 59.6 Å². The van der Waals surface area contributed by atoms with Crippen molar-refractivity contribution in [3.05, 3.63) is 94.8 Å². The van der Waals surface area contributed by atoms with Gasteiger partial charge in [0.25, 0.3) is 0 Å². The second-order valence-corrected chi connectivity index (χ2v) is 8.17. The highest BCUT2D eigenvalue weighted by molar-refractivity contribution is 5.83. The van der Waals surface area contributed by atoms with E-state index in [9.17, 15) is 22.4 Å². The quantitative estimate of drug-likeness (QED) is 0.352. The van der Waals surface area contributed by atoms with Crippen LogP contribution >= 0.6 is 0 Å². The van der Waals surface area contributed by atoms with Crippen molar-refractivity contribution >= 4 is 5.91 Å². The maximum atomic E-state index is 13.5. The number of likely N-dealkylation sites (N-methyl/N-ethyl adjacent to an activating group) is 1. The van der Waals surface area contributed by atoms with Crippen molar-refractivity contribution in [1.82, 2.24) is 10.6 Å². The zero-order valence-electron chi connectivity index (χ0n) is 20.2. The number of alkyl halides is 3.